The van der Waals surface area contributed by atoms with Crippen molar-refractivity contribution in [1.29, 1.82) is 0 Å². The van der Waals surface area contributed by atoms with Gasteiger partial charge in [0.25, 0.3) is 0 Å². The Labute approximate surface area is 364 Å². The van der Waals surface area contributed by atoms with Gasteiger partial charge in [-0.15, -0.1) is 0 Å². The second-order valence-electron chi connectivity index (χ2n) is 17.2. The van der Waals surface area contributed by atoms with Crippen molar-refractivity contribution in [1.82, 2.24) is 10.2 Å². The molecule has 2 saturated heterocycles. The number of hydrogen-bond acceptors (Lipinski definition) is 6. The van der Waals surface area contributed by atoms with Crippen LogP contribution in [0.15, 0.2) is 103 Å². The van der Waals surface area contributed by atoms with Gasteiger partial charge in [-0.05, 0) is 59.2 Å². The van der Waals surface area contributed by atoms with Gasteiger partial charge in [-0.1, -0.05) is 187 Å². The van der Waals surface area contributed by atoms with Gasteiger partial charge in [-0.25, -0.2) is 0 Å². The number of aliphatic hydroxyl groups is 2. The molecule has 0 aromatic heterocycles. The number of piperidine rings is 1. The number of rotatable bonds is 23. The van der Waals surface area contributed by atoms with Crippen molar-refractivity contribution in [3.63, 3.8) is 0 Å². The molecule has 1 amide bonds. The monoisotopic (exact) mass is 836 g/mol. The Morgan fingerprint density at radius 2 is 1.27 bits per heavy atom. The summed E-state index contributed by atoms with van der Waals surface area (Å²) in [6.45, 7) is 4.85. The molecule has 8 heteroatoms. The summed E-state index contributed by atoms with van der Waals surface area (Å²) >= 11 is 6.16. The zero-order valence-electron chi connectivity index (χ0n) is 35.9. The number of benzene rings is 4. The summed E-state index contributed by atoms with van der Waals surface area (Å²) in [5.41, 5.74) is 4.97. The van der Waals surface area contributed by atoms with Gasteiger partial charge < -0.3 is 29.9 Å². The molecule has 3 N–H and O–H groups in total. The summed E-state index contributed by atoms with van der Waals surface area (Å²) in [6, 6.07) is 34.3. The van der Waals surface area contributed by atoms with Crippen molar-refractivity contribution in [2.75, 3.05) is 19.6 Å². The highest BCUT2D eigenvalue weighted by atomic mass is 35.5. The number of carbonyl (C=O) groups excluding carboxylic acids is 1. The molecule has 0 bridgehead atoms. The molecule has 2 aliphatic heterocycles. The fourth-order valence-corrected chi connectivity index (χ4v) is 9.09. The van der Waals surface area contributed by atoms with E-state index in [0.29, 0.717) is 37.4 Å². The predicted octanol–water partition coefficient (Wildman–Crippen LogP) is 11.9. The molecule has 6 rings (SSSR count). The topological polar surface area (TPSA) is 91.3 Å². The zero-order chi connectivity index (χ0) is 42.0. The van der Waals surface area contributed by atoms with Gasteiger partial charge in [0, 0.05) is 49.1 Å². The Hall–Kier alpha value is -3.56. The molecule has 4 atom stereocenters. The molecule has 0 aliphatic carbocycles. The number of ether oxygens (including phenoxy) is 2. The van der Waals surface area contributed by atoms with E-state index in [1.165, 1.54) is 70.6 Å². The van der Waals surface area contributed by atoms with Crippen LogP contribution in [0.4, 0.5) is 0 Å². The van der Waals surface area contributed by atoms with E-state index < -0.39 is 11.9 Å². The smallest absolute Gasteiger partial charge is 0.220 e. The standard InChI is InChI=1S/C52H69ClN2O5/c1-2-3-4-5-6-7-8-9-10-11-12-13-17-20-48(57)54-37-40-21-27-44(28-22-40)51-59-47(38-55-35-33-52(58,34-36-55)45-29-31-46(53)32-30-45)49(42-18-15-14-16-19-42)50(60-51)43-25-23-41(39-56)24-26-43/h14-16,18-19,21-32,47,49-51,56,58H,2-13,17,20,33-39H2,1H3,(H,54,57). The molecule has 7 nitrogen and oxygen atoms in total. The number of amides is 1. The van der Waals surface area contributed by atoms with Gasteiger partial charge in [-0.2, -0.15) is 0 Å². The van der Waals surface area contributed by atoms with Crippen LogP contribution in [0.2, 0.25) is 5.02 Å². The third kappa shape index (κ3) is 13.7. The van der Waals surface area contributed by atoms with Crippen molar-refractivity contribution in [2.24, 2.45) is 0 Å². The highest BCUT2D eigenvalue weighted by Crippen LogP contribution is 2.47. The van der Waals surface area contributed by atoms with E-state index in [1.54, 1.807) is 0 Å². The largest absolute Gasteiger partial charge is 0.392 e. The van der Waals surface area contributed by atoms with E-state index in [0.717, 1.165) is 59.3 Å². The Morgan fingerprint density at radius 1 is 0.700 bits per heavy atom. The fraction of sp³-hybridized carbons (Fsp3) is 0.519. The Morgan fingerprint density at radius 3 is 1.87 bits per heavy atom. The summed E-state index contributed by atoms with van der Waals surface area (Å²) in [6.07, 6.45) is 17.5. The lowest BCUT2D eigenvalue weighted by Gasteiger charge is -2.46. The Kier molecular flexibility index (Phi) is 18.5. The number of hydrogen-bond donors (Lipinski definition) is 3. The summed E-state index contributed by atoms with van der Waals surface area (Å²) in [5, 5.41) is 25.3. The summed E-state index contributed by atoms with van der Waals surface area (Å²) < 4.78 is 13.9. The van der Waals surface area contributed by atoms with Crippen LogP contribution >= 0.6 is 11.6 Å². The third-order valence-corrected chi connectivity index (χ3v) is 13.0. The summed E-state index contributed by atoms with van der Waals surface area (Å²) in [4.78, 5) is 15.1. The van der Waals surface area contributed by atoms with Crippen molar-refractivity contribution in [3.8, 4) is 0 Å². The van der Waals surface area contributed by atoms with Crippen LogP contribution in [-0.2, 0) is 33.0 Å². The highest BCUT2D eigenvalue weighted by molar-refractivity contribution is 6.30. The first kappa shape index (κ1) is 46.0. The molecule has 0 radical (unpaired) electrons. The molecule has 4 unspecified atom stereocenters. The minimum Gasteiger partial charge on any atom is -0.392 e. The SMILES string of the molecule is CCCCCCCCCCCCCCCC(=O)NCc1ccc(C2OC(CN3CCC(O)(c4ccc(Cl)cc4)CC3)C(c3ccccc3)C(c3ccc(CO)cc3)O2)cc1. The Balaban J connectivity index is 1.05. The highest BCUT2D eigenvalue weighted by Gasteiger charge is 2.44. The van der Waals surface area contributed by atoms with Crippen molar-refractivity contribution >= 4 is 17.5 Å². The van der Waals surface area contributed by atoms with Crippen LogP contribution in [0.5, 0.6) is 0 Å². The fourth-order valence-electron chi connectivity index (χ4n) is 8.96. The van der Waals surface area contributed by atoms with E-state index in [-0.39, 0.29) is 30.6 Å². The lowest BCUT2D eigenvalue weighted by Crippen LogP contribution is -2.49. The molecule has 2 heterocycles. The minimum atomic E-state index is -0.899. The van der Waals surface area contributed by atoms with Crippen LogP contribution < -0.4 is 5.32 Å². The molecule has 4 aromatic rings. The second kappa shape index (κ2) is 24.2. The maximum atomic E-state index is 12.7. The number of nitrogens with zero attached hydrogens (tertiary/aromatic N) is 1. The summed E-state index contributed by atoms with van der Waals surface area (Å²) in [7, 11) is 0. The van der Waals surface area contributed by atoms with E-state index in [1.807, 2.05) is 42.5 Å². The third-order valence-electron chi connectivity index (χ3n) is 12.7. The van der Waals surface area contributed by atoms with Crippen LogP contribution in [-0.4, -0.2) is 46.8 Å². The average molecular weight is 838 g/mol. The van der Waals surface area contributed by atoms with Gasteiger partial charge in [0.15, 0.2) is 6.29 Å². The maximum absolute atomic E-state index is 12.7. The van der Waals surface area contributed by atoms with Crippen LogP contribution in [0.1, 0.15) is 161 Å². The van der Waals surface area contributed by atoms with E-state index in [9.17, 15) is 15.0 Å². The molecular formula is C52H69ClN2O5. The molecule has 0 spiro atoms. The summed E-state index contributed by atoms with van der Waals surface area (Å²) in [5.74, 6) is -0.000777. The van der Waals surface area contributed by atoms with Crippen molar-refractivity contribution < 1.29 is 24.5 Å². The lowest BCUT2D eigenvalue weighted by molar-refractivity contribution is -0.264. The van der Waals surface area contributed by atoms with E-state index in [4.69, 9.17) is 21.1 Å². The number of unbranched alkanes of at least 4 members (excludes halogenated alkanes) is 12. The molecule has 0 saturated carbocycles. The minimum absolute atomic E-state index is 0.0220. The normalized spacial score (nSPS) is 20.5. The van der Waals surface area contributed by atoms with E-state index in [2.05, 4.69) is 77.8 Å². The number of nitrogens with one attached hydrogen (secondary N) is 1. The van der Waals surface area contributed by atoms with Gasteiger partial charge in [-0.3, -0.25) is 4.79 Å². The number of halogens is 1. The maximum Gasteiger partial charge on any atom is 0.220 e. The molecule has 60 heavy (non-hydrogen) atoms. The van der Waals surface area contributed by atoms with Crippen molar-refractivity contribution in [3.05, 3.63) is 142 Å². The Bertz CT molecular complexity index is 1810. The van der Waals surface area contributed by atoms with Crippen molar-refractivity contribution in [2.45, 2.75) is 153 Å². The van der Waals surface area contributed by atoms with E-state index >= 15 is 0 Å². The van der Waals surface area contributed by atoms with Gasteiger partial charge in [0.05, 0.1) is 24.4 Å². The van der Waals surface area contributed by atoms with Crippen LogP contribution in [0.25, 0.3) is 0 Å². The molecule has 324 valence electrons. The first-order chi connectivity index (χ1) is 29.3. The van der Waals surface area contributed by atoms with Crippen LogP contribution in [0.3, 0.4) is 0 Å². The zero-order valence-corrected chi connectivity index (χ0v) is 36.7. The number of aliphatic hydroxyl groups excluding tert-OH is 1. The van der Waals surface area contributed by atoms with Crippen LogP contribution in [0, 0.1) is 0 Å². The molecular weight excluding hydrogens is 768 g/mol. The average Bonchev–Trinajstić information content (AvgIpc) is 3.28. The number of carbonyl (C=O) groups is 1. The quantitative estimate of drug-likeness (QED) is 0.0645. The van der Waals surface area contributed by atoms with Gasteiger partial charge >= 0.3 is 0 Å². The molecule has 4 aromatic carbocycles. The molecule has 2 aliphatic rings. The van der Waals surface area contributed by atoms with Gasteiger partial charge in [0.1, 0.15) is 0 Å². The lowest BCUT2D eigenvalue weighted by atomic mass is 9.81. The number of likely N-dealkylation sites (tertiary alicyclic amines) is 1. The molecule has 2 fully saturated rings. The second-order valence-corrected chi connectivity index (χ2v) is 17.7. The predicted molar refractivity (Wildman–Crippen MR) is 243 cm³/mol. The first-order valence-electron chi connectivity index (χ1n) is 23.0. The van der Waals surface area contributed by atoms with Gasteiger partial charge in [0.2, 0.25) is 5.91 Å². The first-order valence-corrected chi connectivity index (χ1v) is 23.3.